The highest BCUT2D eigenvalue weighted by Gasteiger charge is 2.27. The topological polar surface area (TPSA) is 64.3 Å². The van der Waals surface area contributed by atoms with Crippen molar-refractivity contribution >= 4 is 18.3 Å². The summed E-state index contributed by atoms with van der Waals surface area (Å²) < 4.78 is 5.81. The second kappa shape index (κ2) is 10.2. The van der Waals surface area contributed by atoms with Crippen molar-refractivity contribution in [1.82, 2.24) is 5.32 Å². The van der Waals surface area contributed by atoms with Crippen LogP contribution in [0.25, 0.3) is 0 Å². The van der Waals surface area contributed by atoms with E-state index in [0.717, 1.165) is 37.0 Å². The molecule has 2 aromatic carbocycles. The maximum Gasteiger partial charge on any atom is 0.258 e. The number of para-hydroxylation sites is 1. The van der Waals surface area contributed by atoms with E-state index in [0.29, 0.717) is 12.5 Å². The maximum atomic E-state index is 12.2. The van der Waals surface area contributed by atoms with Crippen molar-refractivity contribution in [3.8, 4) is 5.75 Å². The molecule has 0 aromatic heterocycles. The molecule has 3 N–H and O–H groups in total. The van der Waals surface area contributed by atoms with Gasteiger partial charge in [-0.2, -0.15) is 0 Å². The Kier molecular flexibility index (Phi) is 7.95. The van der Waals surface area contributed by atoms with E-state index in [4.69, 9.17) is 10.5 Å². The first-order valence-corrected chi connectivity index (χ1v) is 9.00. The van der Waals surface area contributed by atoms with Crippen molar-refractivity contribution in [2.45, 2.75) is 31.7 Å². The summed E-state index contributed by atoms with van der Waals surface area (Å²) in [4.78, 5) is 12.2. The Balaban J connectivity index is 0.00000243. The van der Waals surface area contributed by atoms with Crippen molar-refractivity contribution in [3.05, 3.63) is 65.7 Å². The SMILES string of the molecule is Cl.NCC1CCCC1NC(=O)COc1ccccc1Cc1ccccc1. The van der Waals surface area contributed by atoms with Crippen LogP contribution in [0.1, 0.15) is 30.4 Å². The zero-order valence-corrected chi connectivity index (χ0v) is 15.7. The fourth-order valence-electron chi connectivity index (χ4n) is 3.51. The van der Waals surface area contributed by atoms with Gasteiger partial charge in [0.25, 0.3) is 5.91 Å². The lowest BCUT2D eigenvalue weighted by Gasteiger charge is -2.19. The first-order valence-electron chi connectivity index (χ1n) is 9.00. The fraction of sp³-hybridized carbons (Fsp3) is 0.381. The van der Waals surface area contributed by atoms with Crippen LogP contribution in [0, 0.1) is 5.92 Å². The monoisotopic (exact) mass is 374 g/mol. The van der Waals surface area contributed by atoms with E-state index in [9.17, 15) is 4.79 Å². The number of halogens is 1. The number of ether oxygens (including phenoxy) is 1. The number of benzene rings is 2. The molecule has 4 nitrogen and oxygen atoms in total. The van der Waals surface area contributed by atoms with Gasteiger partial charge in [-0.1, -0.05) is 55.0 Å². The maximum absolute atomic E-state index is 12.2. The smallest absolute Gasteiger partial charge is 0.258 e. The zero-order valence-electron chi connectivity index (χ0n) is 14.9. The van der Waals surface area contributed by atoms with E-state index in [2.05, 4.69) is 17.4 Å². The van der Waals surface area contributed by atoms with Gasteiger partial charge in [0, 0.05) is 12.5 Å². The minimum absolute atomic E-state index is 0. The molecule has 0 radical (unpaired) electrons. The Bertz CT molecular complexity index is 693. The third kappa shape index (κ3) is 5.48. The number of rotatable bonds is 7. The molecule has 26 heavy (non-hydrogen) atoms. The number of nitrogens with one attached hydrogen (secondary N) is 1. The van der Waals surface area contributed by atoms with Gasteiger partial charge in [0.2, 0.25) is 0 Å². The van der Waals surface area contributed by atoms with Crippen LogP contribution >= 0.6 is 12.4 Å². The van der Waals surface area contributed by atoms with Crippen LogP contribution in [0.15, 0.2) is 54.6 Å². The zero-order chi connectivity index (χ0) is 17.5. The molecule has 1 amide bonds. The van der Waals surface area contributed by atoms with Gasteiger partial charge in [-0.15, -0.1) is 12.4 Å². The highest BCUT2D eigenvalue weighted by atomic mass is 35.5. The molecule has 1 aliphatic rings. The molecular weight excluding hydrogens is 348 g/mol. The standard InChI is InChI=1S/C21H26N2O2.ClH/c22-14-18-10-6-11-19(18)23-21(24)15-25-20-12-5-4-9-17(20)13-16-7-2-1-3-8-16;/h1-5,7-9,12,18-19H,6,10-11,13-15,22H2,(H,23,24);1H. The van der Waals surface area contributed by atoms with E-state index in [1.54, 1.807) is 0 Å². The highest BCUT2D eigenvalue weighted by molar-refractivity contribution is 5.85. The van der Waals surface area contributed by atoms with Crippen molar-refractivity contribution in [2.24, 2.45) is 11.7 Å². The summed E-state index contributed by atoms with van der Waals surface area (Å²) in [5, 5.41) is 3.08. The highest BCUT2D eigenvalue weighted by Crippen LogP contribution is 2.25. The van der Waals surface area contributed by atoms with Crippen LogP contribution in [0.3, 0.4) is 0 Å². The molecule has 0 bridgehead atoms. The predicted molar refractivity (Wildman–Crippen MR) is 107 cm³/mol. The Morgan fingerprint density at radius 3 is 2.58 bits per heavy atom. The normalized spacial score (nSPS) is 18.8. The molecule has 0 aliphatic heterocycles. The number of amides is 1. The van der Waals surface area contributed by atoms with Crippen LogP contribution in [0.2, 0.25) is 0 Å². The lowest BCUT2D eigenvalue weighted by atomic mass is 10.0. The van der Waals surface area contributed by atoms with Crippen LogP contribution in [0.5, 0.6) is 5.75 Å². The van der Waals surface area contributed by atoms with Gasteiger partial charge < -0.3 is 15.8 Å². The van der Waals surface area contributed by atoms with Crippen LogP contribution in [-0.2, 0) is 11.2 Å². The number of hydrogen-bond donors (Lipinski definition) is 2. The molecule has 0 spiro atoms. The van der Waals surface area contributed by atoms with E-state index in [-0.39, 0.29) is 31.0 Å². The third-order valence-electron chi connectivity index (χ3n) is 4.88. The van der Waals surface area contributed by atoms with Gasteiger partial charge in [0.1, 0.15) is 5.75 Å². The number of carbonyl (C=O) groups is 1. The van der Waals surface area contributed by atoms with Gasteiger partial charge in [-0.05, 0) is 42.5 Å². The van der Waals surface area contributed by atoms with Gasteiger partial charge in [0.05, 0.1) is 0 Å². The van der Waals surface area contributed by atoms with Crippen LogP contribution < -0.4 is 15.8 Å². The summed E-state index contributed by atoms with van der Waals surface area (Å²) in [5.74, 6) is 1.09. The molecule has 1 saturated carbocycles. The number of carbonyl (C=O) groups excluding carboxylic acids is 1. The van der Waals surface area contributed by atoms with Crippen molar-refractivity contribution < 1.29 is 9.53 Å². The summed E-state index contributed by atoms with van der Waals surface area (Å²) in [6.07, 6.45) is 4.03. The molecule has 2 aromatic rings. The largest absolute Gasteiger partial charge is 0.483 e. The fourth-order valence-corrected chi connectivity index (χ4v) is 3.51. The Morgan fingerprint density at radius 2 is 1.81 bits per heavy atom. The first-order chi connectivity index (χ1) is 12.3. The predicted octanol–water partition coefficient (Wildman–Crippen LogP) is 3.32. The van der Waals surface area contributed by atoms with Crippen molar-refractivity contribution in [1.29, 1.82) is 0 Å². The quantitative estimate of drug-likeness (QED) is 0.781. The second-order valence-electron chi connectivity index (χ2n) is 6.66. The third-order valence-corrected chi connectivity index (χ3v) is 4.88. The summed E-state index contributed by atoms with van der Waals surface area (Å²) in [6, 6.07) is 18.3. The second-order valence-corrected chi connectivity index (χ2v) is 6.66. The lowest BCUT2D eigenvalue weighted by Crippen LogP contribution is -2.42. The van der Waals surface area contributed by atoms with E-state index in [1.807, 2.05) is 42.5 Å². The molecule has 140 valence electrons. The molecule has 0 heterocycles. The molecule has 5 heteroatoms. The van der Waals surface area contributed by atoms with Crippen LogP contribution in [-0.4, -0.2) is 25.1 Å². The van der Waals surface area contributed by atoms with E-state index in [1.165, 1.54) is 5.56 Å². The summed E-state index contributed by atoms with van der Waals surface area (Å²) in [6.45, 7) is 0.672. The average molecular weight is 375 g/mol. The molecule has 0 saturated heterocycles. The minimum Gasteiger partial charge on any atom is -0.483 e. The molecule has 2 atom stereocenters. The summed E-state index contributed by atoms with van der Waals surface area (Å²) >= 11 is 0. The van der Waals surface area contributed by atoms with Crippen molar-refractivity contribution in [2.75, 3.05) is 13.2 Å². The Labute approximate surface area is 161 Å². The molecule has 1 fully saturated rings. The summed E-state index contributed by atoms with van der Waals surface area (Å²) in [5.41, 5.74) is 8.08. The lowest BCUT2D eigenvalue weighted by molar-refractivity contribution is -0.124. The molecule has 2 unspecified atom stereocenters. The first kappa shape index (κ1) is 20.3. The average Bonchev–Trinajstić information content (AvgIpc) is 3.09. The van der Waals surface area contributed by atoms with E-state index >= 15 is 0 Å². The van der Waals surface area contributed by atoms with Crippen molar-refractivity contribution in [3.63, 3.8) is 0 Å². The Hall–Kier alpha value is -2.04. The number of nitrogens with two attached hydrogens (primary N) is 1. The molecular formula is C21H27ClN2O2. The van der Waals surface area contributed by atoms with Crippen LogP contribution in [0.4, 0.5) is 0 Å². The minimum atomic E-state index is -0.0696. The molecule has 1 aliphatic carbocycles. The van der Waals surface area contributed by atoms with Gasteiger partial charge in [-0.25, -0.2) is 0 Å². The summed E-state index contributed by atoms with van der Waals surface area (Å²) in [7, 11) is 0. The van der Waals surface area contributed by atoms with Gasteiger partial charge in [0.15, 0.2) is 6.61 Å². The number of hydrogen-bond acceptors (Lipinski definition) is 3. The van der Waals surface area contributed by atoms with E-state index < -0.39 is 0 Å². The Morgan fingerprint density at radius 1 is 1.08 bits per heavy atom. The van der Waals surface area contributed by atoms with Gasteiger partial charge >= 0.3 is 0 Å². The van der Waals surface area contributed by atoms with Gasteiger partial charge in [-0.3, -0.25) is 4.79 Å². The molecule has 3 rings (SSSR count).